The van der Waals surface area contributed by atoms with Crippen molar-refractivity contribution in [2.75, 3.05) is 7.11 Å². The van der Waals surface area contributed by atoms with Gasteiger partial charge in [-0.25, -0.2) is 14.8 Å². The molecule has 0 atom stereocenters. The lowest BCUT2D eigenvalue weighted by molar-refractivity contribution is 0.0602. The molecule has 122 valence electrons. The number of pyridine rings is 1. The molecular weight excluding hydrogens is 314 g/mol. The second-order valence-corrected chi connectivity index (χ2v) is 5.53. The Balaban J connectivity index is 2.01. The fourth-order valence-corrected chi connectivity index (χ4v) is 2.79. The van der Waals surface area contributed by atoms with E-state index in [-0.39, 0.29) is 0 Å². The molecule has 0 aliphatic rings. The van der Waals surface area contributed by atoms with Crippen LogP contribution >= 0.6 is 0 Å². The lowest BCUT2D eigenvalue weighted by Crippen LogP contribution is -2.05. The number of fused-ring (bicyclic) bond motifs is 1. The Morgan fingerprint density at radius 1 is 1.00 bits per heavy atom. The summed E-state index contributed by atoms with van der Waals surface area (Å²) in [5, 5.41) is 0. The van der Waals surface area contributed by atoms with E-state index in [1.54, 1.807) is 12.4 Å². The van der Waals surface area contributed by atoms with Crippen molar-refractivity contribution >= 4 is 17.1 Å². The number of benzene rings is 2. The van der Waals surface area contributed by atoms with E-state index >= 15 is 0 Å². The number of esters is 1. The molecule has 0 radical (unpaired) electrons. The molecule has 5 nitrogen and oxygen atoms in total. The number of hydrogen-bond donors (Lipinski definition) is 0. The second-order valence-electron chi connectivity index (χ2n) is 5.53. The van der Waals surface area contributed by atoms with Gasteiger partial charge in [0.15, 0.2) is 5.65 Å². The van der Waals surface area contributed by atoms with Crippen molar-refractivity contribution in [2.45, 2.75) is 0 Å². The third-order valence-corrected chi connectivity index (χ3v) is 4.01. The van der Waals surface area contributed by atoms with Gasteiger partial charge in [-0.2, -0.15) is 0 Å². The average Bonchev–Trinajstić information content (AvgIpc) is 3.12. The van der Waals surface area contributed by atoms with E-state index in [1.165, 1.54) is 7.11 Å². The highest BCUT2D eigenvalue weighted by atomic mass is 16.5. The van der Waals surface area contributed by atoms with E-state index in [2.05, 4.69) is 4.98 Å². The molecule has 4 aromatic rings. The van der Waals surface area contributed by atoms with Crippen molar-refractivity contribution < 1.29 is 9.53 Å². The summed E-state index contributed by atoms with van der Waals surface area (Å²) in [5.41, 5.74) is 4.10. The number of carbonyl (C=O) groups is 1. The monoisotopic (exact) mass is 329 g/mol. The van der Waals surface area contributed by atoms with Crippen LogP contribution in [0.4, 0.5) is 0 Å². The van der Waals surface area contributed by atoms with Crippen LogP contribution in [0.15, 0.2) is 73.1 Å². The maximum absolute atomic E-state index is 12.3. The van der Waals surface area contributed by atoms with Crippen LogP contribution in [0, 0.1) is 0 Å². The summed E-state index contributed by atoms with van der Waals surface area (Å²) < 4.78 is 6.80. The highest BCUT2D eigenvalue weighted by Gasteiger charge is 2.18. The molecule has 0 bridgehead atoms. The standard InChI is InChI=1S/C20H15N3O2/c1-25-20(24)16-12-17(14-8-4-2-5-9-14)22-19-18(16)21-13-23(19)15-10-6-3-7-11-15/h2-13H,1H3. The topological polar surface area (TPSA) is 57.0 Å². The van der Waals surface area contributed by atoms with E-state index in [1.807, 2.05) is 65.2 Å². The summed E-state index contributed by atoms with van der Waals surface area (Å²) in [6.45, 7) is 0. The highest BCUT2D eigenvalue weighted by Crippen LogP contribution is 2.26. The molecule has 4 rings (SSSR count). The lowest BCUT2D eigenvalue weighted by atomic mass is 10.1. The minimum absolute atomic E-state index is 0.404. The number of hydrogen-bond acceptors (Lipinski definition) is 4. The normalized spacial score (nSPS) is 10.8. The van der Waals surface area contributed by atoms with Crippen molar-refractivity contribution in [2.24, 2.45) is 0 Å². The molecule has 0 aliphatic heterocycles. The summed E-state index contributed by atoms with van der Waals surface area (Å²) in [7, 11) is 1.37. The van der Waals surface area contributed by atoms with Crippen LogP contribution in [0.25, 0.3) is 28.1 Å². The molecule has 0 N–H and O–H groups in total. The number of imidazole rings is 1. The summed E-state index contributed by atoms with van der Waals surface area (Å²) in [4.78, 5) is 21.4. The smallest absolute Gasteiger partial charge is 0.340 e. The first-order chi connectivity index (χ1) is 12.3. The summed E-state index contributed by atoms with van der Waals surface area (Å²) in [5.74, 6) is -0.428. The van der Waals surface area contributed by atoms with Gasteiger partial charge in [0.1, 0.15) is 11.8 Å². The third kappa shape index (κ3) is 2.65. The van der Waals surface area contributed by atoms with E-state index in [4.69, 9.17) is 9.72 Å². The minimum Gasteiger partial charge on any atom is -0.465 e. The number of para-hydroxylation sites is 1. The van der Waals surface area contributed by atoms with Crippen molar-refractivity contribution in [3.05, 3.63) is 78.6 Å². The van der Waals surface area contributed by atoms with E-state index in [9.17, 15) is 4.79 Å². The number of nitrogens with zero attached hydrogens (tertiary/aromatic N) is 3. The van der Waals surface area contributed by atoms with Crippen LogP contribution in [0.3, 0.4) is 0 Å². The molecule has 0 unspecified atom stereocenters. The van der Waals surface area contributed by atoms with Crippen molar-refractivity contribution in [1.82, 2.24) is 14.5 Å². The largest absolute Gasteiger partial charge is 0.465 e. The summed E-state index contributed by atoms with van der Waals surface area (Å²) >= 11 is 0. The Hall–Kier alpha value is -3.47. The number of carbonyl (C=O) groups excluding carboxylic acids is 1. The first-order valence-electron chi connectivity index (χ1n) is 7.85. The van der Waals surface area contributed by atoms with Gasteiger partial charge in [0.05, 0.1) is 18.4 Å². The zero-order valence-electron chi connectivity index (χ0n) is 13.6. The average molecular weight is 329 g/mol. The first kappa shape index (κ1) is 15.1. The minimum atomic E-state index is -0.428. The molecule has 2 aromatic heterocycles. The van der Waals surface area contributed by atoms with Crippen LogP contribution in [0.5, 0.6) is 0 Å². The van der Waals surface area contributed by atoms with Gasteiger partial charge < -0.3 is 4.74 Å². The Labute approximate surface area is 144 Å². The van der Waals surface area contributed by atoms with Crippen molar-refractivity contribution in [1.29, 1.82) is 0 Å². The van der Waals surface area contributed by atoms with Gasteiger partial charge >= 0.3 is 5.97 Å². The van der Waals surface area contributed by atoms with Crippen molar-refractivity contribution in [3.63, 3.8) is 0 Å². The number of ether oxygens (including phenoxy) is 1. The van der Waals surface area contributed by atoms with Gasteiger partial charge in [-0.05, 0) is 18.2 Å². The zero-order chi connectivity index (χ0) is 17.2. The summed E-state index contributed by atoms with van der Waals surface area (Å²) in [6, 6.07) is 21.2. The van der Waals surface area contributed by atoms with Crippen molar-refractivity contribution in [3.8, 4) is 16.9 Å². The Morgan fingerprint density at radius 3 is 2.36 bits per heavy atom. The van der Waals surface area contributed by atoms with Gasteiger partial charge in [0, 0.05) is 11.3 Å². The van der Waals surface area contributed by atoms with Crippen LogP contribution < -0.4 is 0 Å². The Bertz CT molecular complexity index is 1040. The zero-order valence-corrected chi connectivity index (χ0v) is 13.6. The number of rotatable bonds is 3. The third-order valence-electron chi connectivity index (χ3n) is 4.01. The molecule has 25 heavy (non-hydrogen) atoms. The molecule has 5 heteroatoms. The van der Waals surface area contributed by atoms with Crippen LogP contribution in [0.2, 0.25) is 0 Å². The SMILES string of the molecule is COC(=O)c1cc(-c2ccccc2)nc2c1ncn2-c1ccccc1. The van der Waals surface area contributed by atoms with E-state index < -0.39 is 5.97 Å². The fraction of sp³-hybridized carbons (Fsp3) is 0.0500. The number of methoxy groups -OCH3 is 1. The predicted octanol–water partition coefficient (Wildman–Crippen LogP) is 3.87. The Kier molecular flexibility index (Phi) is 3.74. The molecule has 2 heterocycles. The molecule has 0 spiro atoms. The number of aromatic nitrogens is 3. The Morgan fingerprint density at radius 2 is 1.68 bits per heavy atom. The van der Waals surface area contributed by atoms with Crippen LogP contribution in [0.1, 0.15) is 10.4 Å². The highest BCUT2D eigenvalue weighted by molar-refractivity contribution is 6.02. The van der Waals surface area contributed by atoms with E-state index in [0.29, 0.717) is 22.4 Å². The molecular formula is C20H15N3O2. The quantitative estimate of drug-likeness (QED) is 0.535. The lowest BCUT2D eigenvalue weighted by Gasteiger charge is -2.08. The van der Waals surface area contributed by atoms with Crippen LogP contribution in [-0.2, 0) is 4.74 Å². The van der Waals surface area contributed by atoms with Gasteiger partial charge in [-0.1, -0.05) is 48.5 Å². The molecule has 0 saturated carbocycles. The summed E-state index contributed by atoms with van der Waals surface area (Å²) in [6.07, 6.45) is 1.67. The van der Waals surface area contributed by atoms with Crippen LogP contribution in [-0.4, -0.2) is 27.6 Å². The molecule has 0 fully saturated rings. The van der Waals surface area contributed by atoms with Gasteiger partial charge in [-0.3, -0.25) is 4.57 Å². The molecule has 0 amide bonds. The fourth-order valence-electron chi connectivity index (χ4n) is 2.79. The molecule has 0 saturated heterocycles. The maximum atomic E-state index is 12.3. The van der Waals surface area contributed by atoms with Gasteiger partial charge in [0.2, 0.25) is 0 Å². The van der Waals surface area contributed by atoms with Gasteiger partial charge in [-0.15, -0.1) is 0 Å². The van der Waals surface area contributed by atoms with E-state index in [0.717, 1.165) is 11.3 Å². The van der Waals surface area contributed by atoms with Gasteiger partial charge in [0.25, 0.3) is 0 Å². The second kappa shape index (κ2) is 6.20. The molecule has 2 aromatic carbocycles. The predicted molar refractivity (Wildman–Crippen MR) is 95.6 cm³/mol. The first-order valence-corrected chi connectivity index (χ1v) is 7.85. The molecule has 0 aliphatic carbocycles. The maximum Gasteiger partial charge on any atom is 0.340 e.